The molecule has 1 aromatic heterocycles. The predicted octanol–water partition coefficient (Wildman–Crippen LogP) is 5.65. The predicted molar refractivity (Wildman–Crippen MR) is 126 cm³/mol. The molecule has 5 rings (SSSR count). The Bertz CT molecular complexity index is 1340. The molecule has 0 aliphatic carbocycles. The molecule has 1 aliphatic rings. The quantitative estimate of drug-likeness (QED) is 0.262. The average Bonchev–Trinajstić information content (AvgIpc) is 3.22. The summed E-state index contributed by atoms with van der Waals surface area (Å²) in [6.45, 7) is 0.888. The number of halogens is 2. The molecule has 9 heteroatoms. The van der Waals surface area contributed by atoms with Gasteiger partial charge in [-0.1, -0.05) is 39.4 Å². The molecule has 0 spiro atoms. The molecular formula is C23H15BrFN3O3S. The first-order valence-electron chi connectivity index (χ1n) is 9.66. The Balaban J connectivity index is 1.54. The van der Waals surface area contributed by atoms with Gasteiger partial charge < -0.3 is 9.47 Å². The summed E-state index contributed by atoms with van der Waals surface area (Å²) >= 11 is 4.80. The Morgan fingerprint density at radius 2 is 1.84 bits per heavy atom. The molecule has 0 atom stereocenters. The zero-order valence-electron chi connectivity index (χ0n) is 16.5. The highest BCUT2D eigenvalue weighted by molar-refractivity contribution is 9.10. The molecule has 1 aliphatic heterocycles. The van der Waals surface area contributed by atoms with Gasteiger partial charge in [-0.2, -0.15) is 10.1 Å². The van der Waals surface area contributed by atoms with E-state index in [2.05, 4.69) is 26.0 Å². The first kappa shape index (κ1) is 20.6. The Morgan fingerprint density at radius 1 is 1.06 bits per heavy atom. The lowest BCUT2D eigenvalue weighted by atomic mass is 10.2. The van der Waals surface area contributed by atoms with Gasteiger partial charge in [0, 0.05) is 10.0 Å². The van der Waals surface area contributed by atoms with E-state index in [1.165, 1.54) is 34.7 Å². The van der Waals surface area contributed by atoms with Crippen molar-refractivity contribution in [2.75, 3.05) is 18.2 Å². The van der Waals surface area contributed by atoms with Crippen LogP contribution < -0.4 is 14.5 Å². The van der Waals surface area contributed by atoms with Crippen LogP contribution in [0.5, 0.6) is 11.5 Å². The lowest BCUT2D eigenvalue weighted by Crippen LogP contribution is -2.26. The SMILES string of the molecule is O=C(c1ccc2c(c1)OCCO2)N(/N=C/c1ccc(F)cc1)c1nc2ccc(Br)cc2s1. The number of thiazole rings is 1. The van der Waals surface area contributed by atoms with Gasteiger partial charge in [-0.15, -0.1) is 0 Å². The van der Waals surface area contributed by atoms with E-state index in [0.29, 0.717) is 41.0 Å². The summed E-state index contributed by atoms with van der Waals surface area (Å²) in [6.07, 6.45) is 1.50. The minimum absolute atomic E-state index is 0.344. The second kappa shape index (κ2) is 8.68. The lowest BCUT2D eigenvalue weighted by Gasteiger charge is -2.19. The fourth-order valence-corrected chi connectivity index (χ4v) is 4.61. The number of benzene rings is 3. The standard InChI is InChI=1S/C23H15BrFN3O3S/c24-16-4-7-18-21(12-16)32-23(27-18)28(26-13-14-1-5-17(25)6-2-14)22(29)15-3-8-19-20(11-15)31-10-9-30-19/h1-8,11-13H,9-10H2/b26-13+. The number of nitrogens with zero attached hydrogens (tertiary/aromatic N) is 3. The van der Waals surface area contributed by atoms with Crippen molar-refractivity contribution >= 4 is 54.7 Å². The maximum atomic E-state index is 13.5. The van der Waals surface area contributed by atoms with E-state index in [4.69, 9.17) is 9.47 Å². The highest BCUT2D eigenvalue weighted by Gasteiger charge is 2.23. The van der Waals surface area contributed by atoms with Crippen LogP contribution in [-0.4, -0.2) is 30.3 Å². The molecule has 160 valence electrons. The van der Waals surface area contributed by atoms with E-state index in [9.17, 15) is 9.18 Å². The number of amides is 1. The van der Waals surface area contributed by atoms with Crippen molar-refractivity contribution in [2.45, 2.75) is 0 Å². The van der Waals surface area contributed by atoms with Crippen LogP contribution >= 0.6 is 27.3 Å². The molecular weight excluding hydrogens is 497 g/mol. The molecule has 0 saturated carbocycles. The molecule has 0 radical (unpaired) electrons. The molecule has 32 heavy (non-hydrogen) atoms. The third kappa shape index (κ3) is 4.21. The Hall–Kier alpha value is -3.30. The molecule has 0 fully saturated rings. The molecule has 1 amide bonds. The zero-order valence-corrected chi connectivity index (χ0v) is 18.9. The van der Waals surface area contributed by atoms with Crippen LogP contribution in [0.1, 0.15) is 15.9 Å². The van der Waals surface area contributed by atoms with E-state index in [-0.39, 0.29) is 11.7 Å². The number of aromatic nitrogens is 1. The number of ether oxygens (including phenoxy) is 2. The van der Waals surface area contributed by atoms with Crippen LogP contribution in [0.3, 0.4) is 0 Å². The van der Waals surface area contributed by atoms with Gasteiger partial charge >= 0.3 is 0 Å². The van der Waals surface area contributed by atoms with Crippen molar-refractivity contribution < 1.29 is 18.7 Å². The molecule has 0 saturated heterocycles. The minimum atomic E-state index is -0.376. The fourth-order valence-electron chi connectivity index (χ4n) is 3.14. The van der Waals surface area contributed by atoms with Gasteiger partial charge in [-0.3, -0.25) is 4.79 Å². The summed E-state index contributed by atoms with van der Waals surface area (Å²) in [7, 11) is 0. The van der Waals surface area contributed by atoms with Crippen molar-refractivity contribution in [1.29, 1.82) is 0 Å². The maximum Gasteiger partial charge on any atom is 0.280 e. The number of hydrogen-bond donors (Lipinski definition) is 0. The van der Waals surface area contributed by atoms with Crippen LogP contribution in [0.15, 0.2) is 70.2 Å². The van der Waals surface area contributed by atoms with Crippen molar-refractivity contribution in [3.63, 3.8) is 0 Å². The van der Waals surface area contributed by atoms with Crippen LogP contribution in [0, 0.1) is 5.82 Å². The normalized spacial score (nSPS) is 12.9. The largest absolute Gasteiger partial charge is 0.486 e. The topological polar surface area (TPSA) is 64.0 Å². The molecule has 0 unspecified atom stereocenters. The lowest BCUT2D eigenvalue weighted by molar-refractivity contribution is 0.0986. The van der Waals surface area contributed by atoms with Gasteiger partial charge in [0.25, 0.3) is 5.91 Å². The Kier molecular flexibility index (Phi) is 5.59. The first-order valence-corrected chi connectivity index (χ1v) is 11.3. The highest BCUT2D eigenvalue weighted by atomic mass is 79.9. The summed E-state index contributed by atoms with van der Waals surface area (Å²) < 4.78 is 26.2. The van der Waals surface area contributed by atoms with Crippen molar-refractivity contribution in [3.05, 3.63) is 82.1 Å². The second-order valence-corrected chi connectivity index (χ2v) is 8.80. The van der Waals surface area contributed by atoms with E-state index in [0.717, 1.165) is 14.7 Å². The number of carbonyl (C=O) groups excluding carboxylic acids is 1. The number of rotatable bonds is 4. The van der Waals surface area contributed by atoms with Crippen LogP contribution in [0.2, 0.25) is 0 Å². The molecule has 2 heterocycles. The van der Waals surface area contributed by atoms with Gasteiger partial charge in [-0.25, -0.2) is 9.37 Å². The molecule has 4 aromatic rings. The first-order chi connectivity index (χ1) is 15.6. The van der Waals surface area contributed by atoms with Crippen LogP contribution in [0.4, 0.5) is 9.52 Å². The van der Waals surface area contributed by atoms with Gasteiger partial charge in [-0.05, 0) is 54.1 Å². The summed E-state index contributed by atoms with van der Waals surface area (Å²) in [4.78, 5) is 18.1. The fraction of sp³-hybridized carbons (Fsp3) is 0.0870. The number of anilines is 1. The van der Waals surface area contributed by atoms with Crippen molar-refractivity contribution in [3.8, 4) is 11.5 Å². The molecule has 6 nitrogen and oxygen atoms in total. The van der Waals surface area contributed by atoms with Crippen molar-refractivity contribution in [1.82, 2.24) is 4.98 Å². The van der Waals surface area contributed by atoms with E-state index in [1.807, 2.05) is 18.2 Å². The number of fused-ring (bicyclic) bond motifs is 2. The summed E-state index contributed by atoms with van der Waals surface area (Å²) in [5.41, 5.74) is 1.78. The number of carbonyl (C=O) groups is 1. The number of hydrazone groups is 1. The minimum Gasteiger partial charge on any atom is -0.486 e. The smallest absolute Gasteiger partial charge is 0.280 e. The summed E-state index contributed by atoms with van der Waals surface area (Å²) in [5, 5.41) is 6.06. The van der Waals surface area contributed by atoms with Gasteiger partial charge in [0.05, 0.1) is 16.4 Å². The van der Waals surface area contributed by atoms with Crippen molar-refractivity contribution in [2.24, 2.45) is 5.10 Å². The van der Waals surface area contributed by atoms with Crippen LogP contribution in [-0.2, 0) is 0 Å². The monoisotopic (exact) mass is 511 g/mol. The highest BCUT2D eigenvalue weighted by Crippen LogP contribution is 2.34. The van der Waals surface area contributed by atoms with E-state index in [1.54, 1.807) is 30.3 Å². The summed E-state index contributed by atoms with van der Waals surface area (Å²) in [5.74, 6) is 0.387. The van der Waals surface area contributed by atoms with Gasteiger partial charge in [0.1, 0.15) is 19.0 Å². The molecule has 3 aromatic carbocycles. The Morgan fingerprint density at radius 3 is 2.66 bits per heavy atom. The number of hydrogen-bond acceptors (Lipinski definition) is 6. The van der Waals surface area contributed by atoms with E-state index >= 15 is 0 Å². The second-order valence-electron chi connectivity index (χ2n) is 6.88. The maximum absolute atomic E-state index is 13.5. The third-order valence-corrected chi connectivity index (χ3v) is 6.18. The molecule has 0 bridgehead atoms. The third-order valence-electron chi connectivity index (χ3n) is 4.69. The zero-order chi connectivity index (χ0) is 22.1. The van der Waals surface area contributed by atoms with Gasteiger partial charge in [0.15, 0.2) is 11.5 Å². The Labute approximate surface area is 195 Å². The average molecular weight is 512 g/mol. The molecule has 0 N–H and O–H groups in total. The van der Waals surface area contributed by atoms with Gasteiger partial charge in [0.2, 0.25) is 5.13 Å². The summed E-state index contributed by atoms with van der Waals surface area (Å²) in [6, 6.07) is 16.6. The van der Waals surface area contributed by atoms with E-state index < -0.39 is 0 Å². The van der Waals surface area contributed by atoms with Crippen LogP contribution in [0.25, 0.3) is 10.2 Å².